The lowest BCUT2D eigenvalue weighted by atomic mass is 10.1. The van der Waals surface area contributed by atoms with Crippen LogP contribution in [0.15, 0.2) is 36.7 Å². The number of hydrogen-bond acceptors (Lipinski definition) is 6. The predicted molar refractivity (Wildman–Crippen MR) is 88.3 cm³/mol. The molecule has 0 fully saturated rings. The zero-order valence-corrected chi connectivity index (χ0v) is 13.9. The van der Waals surface area contributed by atoms with Crippen LogP contribution in [-0.4, -0.2) is 31.3 Å². The molecule has 0 saturated heterocycles. The fourth-order valence-electron chi connectivity index (χ4n) is 2.49. The lowest BCUT2D eigenvalue weighted by Gasteiger charge is -2.21. The van der Waals surface area contributed by atoms with Crippen molar-refractivity contribution < 1.29 is 19.0 Å². The molecule has 1 atom stereocenters. The number of fused-ring (bicyclic) bond motifs is 1. The maximum atomic E-state index is 12.1. The summed E-state index contributed by atoms with van der Waals surface area (Å²) >= 11 is 6.24. The molecule has 6 nitrogen and oxygen atoms in total. The number of ether oxygens (including phenoxy) is 3. The summed E-state index contributed by atoms with van der Waals surface area (Å²) < 4.78 is 15.9. The van der Waals surface area contributed by atoms with E-state index < -0.39 is 6.04 Å². The molecule has 3 rings (SSSR count). The second-order valence-corrected chi connectivity index (χ2v) is 5.63. The molecule has 24 heavy (non-hydrogen) atoms. The molecule has 1 aliphatic heterocycles. The van der Waals surface area contributed by atoms with E-state index in [0.717, 1.165) is 11.1 Å². The number of aromatic nitrogens is 1. The molecule has 2 heterocycles. The molecular formula is C17H17ClN2O4. The molecule has 1 aromatic carbocycles. The van der Waals surface area contributed by atoms with Gasteiger partial charge in [0.05, 0.1) is 12.1 Å². The van der Waals surface area contributed by atoms with Gasteiger partial charge in [0.25, 0.3) is 0 Å². The fourth-order valence-corrected chi connectivity index (χ4v) is 2.78. The van der Waals surface area contributed by atoms with Gasteiger partial charge >= 0.3 is 5.97 Å². The van der Waals surface area contributed by atoms with Crippen molar-refractivity contribution in [3.8, 4) is 11.5 Å². The molecule has 0 aliphatic carbocycles. The molecule has 0 spiro atoms. The minimum Gasteiger partial charge on any atom is -0.486 e. The van der Waals surface area contributed by atoms with Crippen molar-refractivity contribution >= 4 is 17.6 Å². The second kappa shape index (κ2) is 7.51. The first kappa shape index (κ1) is 16.5. The smallest absolute Gasteiger partial charge is 0.327 e. The van der Waals surface area contributed by atoms with Gasteiger partial charge in [-0.15, -0.1) is 0 Å². The highest BCUT2D eigenvalue weighted by atomic mass is 35.5. The molecule has 2 aromatic rings. The number of nitrogens with one attached hydrogen (secondary N) is 1. The van der Waals surface area contributed by atoms with Gasteiger partial charge in [-0.05, 0) is 29.3 Å². The van der Waals surface area contributed by atoms with Gasteiger partial charge in [-0.3, -0.25) is 10.3 Å². The molecule has 0 bridgehead atoms. The third-order valence-corrected chi connectivity index (χ3v) is 3.90. The first-order valence-corrected chi connectivity index (χ1v) is 7.86. The van der Waals surface area contributed by atoms with Crippen molar-refractivity contribution in [3.63, 3.8) is 0 Å². The average Bonchev–Trinajstić information content (AvgIpc) is 2.62. The van der Waals surface area contributed by atoms with Gasteiger partial charge in [0, 0.05) is 18.9 Å². The third-order valence-electron chi connectivity index (χ3n) is 3.62. The zero-order valence-electron chi connectivity index (χ0n) is 13.1. The summed E-state index contributed by atoms with van der Waals surface area (Å²) in [4.78, 5) is 16.1. The van der Waals surface area contributed by atoms with Crippen molar-refractivity contribution in [2.75, 3.05) is 20.3 Å². The van der Waals surface area contributed by atoms with Crippen molar-refractivity contribution in [1.82, 2.24) is 10.3 Å². The Morgan fingerprint density at radius 3 is 3.00 bits per heavy atom. The molecule has 0 unspecified atom stereocenters. The monoisotopic (exact) mass is 348 g/mol. The van der Waals surface area contributed by atoms with Crippen LogP contribution in [0, 0.1) is 0 Å². The summed E-state index contributed by atoms with van der Waals surface area (Å²) in [6, 6.07) is 6.62. The van der Waals surface area contributed by atoms with Gasteiger partial charge in [0.2, 0.25) is 0 Å². The minimum absolute atomic E-state index is 0.383. The molecule has 0 saturated carbocycles. The Morgan fingerprint density at radius 1 is 1.42 bits per heavy atom. The fraction of sp³-hybridized carbons (Fsp3) is 0.294. The number of carbonyl (C=O) groups excluding carboxylic acids is 1. The summed E-state index contributed by atoms with van der Waals surface area (Å²) in [6.45, 7) is 1.38. The van der Waals surface area contributed by atoms with Crippen molar-refractivity contribution in [2.45, 2.75) is 12.6 Å². The van der Waals surface area contributed by atoms with E-state index in [1.807, 2.05) is 12.1 Å². The quantitative estimate of drug-likeness (QED) is 0.837. The molecule has 0 amide bonds. The summed E-state index contributed by atoms with van der Waals surface area (Å²) in [5, 5.41) is 3.65. The molecule has 1 aliphatic rings. The maximum Gasteiger partial charge on any atom is 0.327 e. The van der Waals surface area contributed by atoms with E-state index >= 15 is 0 Å². The molecule has 1 N–H and O–H groups in total. The van der Waals surface area contributed by atoms with Crippen molar-refractivity contribution in [3.05, 3.63) is 52.8 Å². The highest BCUT2D eigenvalue weighted by molar-refractivity contribution is 6.32. The van der Waals surface area contributed by atoms with E-state index in [9.17, 15) is 4.79 Å². The Kier molecular flexibility index (Phi) is 5.17. The Bertz CT molecular complexity index is 724. The number of methoxy groups -OCH3 is 1. The van der Waals surface area contributed by atoms with Crippen LogP contribution < -0.4 is 14.8 Å². The van der Waals surface area contributed by atoms with Crippen LogP contribution in [0.4, 0.5) is 0 Å². The Labute approximate surface area is 144 Å². The van der Waals surface area contributed by atoms with Crippen LogP contribution in [0.3, 0.4) is 0 Å². The second-order valence-electron chi connectivity index (χ2n) is 5.23. The number of nitrogens with zero attached hydrogens (tertiary/aromatic N) is 1. The standard InChI is InChI=1S/C17H17ClN2O4/c1-22-17(21)15(12-3-2-4-19-10-12)20-9-11-7-13(18)16-14(8-11)23-5-6-24-16/h2-4,7-8,10,15,20H,5-6,9H2,1H3/t15-/m1/s1. The molecular weight excluding hydrogens is 332 g/mol. The third kappa shape index (κ3) is 3.60. The number of hydrogen-bond donors (Lipinski definition) is 1. The van der Waals surface area contributed by atoms with E-state index in [2.05, 4.69) is 10.3 Å². The normalized spacial score (nSPS) is 14.1. The average molecular weight is 349 g/mol. The van der Waals surface area contributed by atoms with Gasteiger partial charge < -0.3 is 14.2 Å². The van der Waals surface area contributed by atoms with Crippen LogP contribution >= 0.6 is 11.6 Å². The van der Waals surface area contributed by atoms with Gasteiger partial charge in [0.1, 0.15) is 19.3 Å². The Hall–Kier alpha value is -2.31. The van der Waals surface area contributed by atoms with Crippen LogP contribution in [0.25, 0.3) is 0 Å². The van der Waals surface area contributed by atoms with E-state index in [4.69, 9.17) is 25.8 Å². The first-order chi connectivity index (χ1) is 11.7. The summed E-state index contributed by atoms with van der Waals surface area (Å²) in [7, 11) is 1.36. The topological polar surface area (TPSA) is 69.7 Å². The number of benzene rings is 1. The molecule has 0 radical (unpaired) electrons. The Morgan fingerprint density at radius 2 is 2.25 bits per heavy atom. The molecule has 7 heteroatoms. The van der Waals surface area contributed by atoms with Gasteiger partial charge in [-0.2, -0.15) is 0 Å². The highest BCUT2D eigenvalue weighted by Crippen LogP contribution is 2.38. The van der Waals surface area contributed by atoms with Crippen LogP contribution in [0.5, 0.6) is 11.5 Å². The minimum atomic E-state index is -0.615. The number of carbonyl (C=O) groups is 1. The van der Waals surface area contributed by atoms with Gasteiger partial charge in [-0.1, -0.05) is 17.7 Å². The van der Waals surface area contributed by atoms with Gasteiger partial charge in [-0.25, -0.2) is 4.79 Å². The van der Waals surface area contributed by atoms with Crippen LogP contribution in [-0.2, 0) is 16.1 Å². The summed E-state index contributed by atoms with van der Waals surface area (Å²) in [6.07, 6.45) is 3.28. The molecule has 1 aromatic heterocycles. The highest BCUT2D eigenvalue weighted by Gasteiger charge is 2.22. The Balaban J connectivity index is 1.77. The van der Waals surface area contributed by atoms with Crippen LogP contribution in [0.2, 0.25) is 5.02 Å². The zero-order chi connectivity index (χ0) is 16.9. The lowest BCUT2D eigenvalue weighted by Crippen LogP contribution is -2.29. The summed E-state index contributed by atoms with van der Waals surface area (Å²) in [5.41, 5.74) is 1.61. The maximum absolute atomic E-state index is 12.1. The largest absolute Gasteiger partial charge is 0.486 e. The summed E-state index contributed by atoms with van der Waals surface area (Å²) in [5.74, 6) is 0.789. The van der Waals surface area contributed by atoms with Gasteiger partial charge in [0.15, 0.2) is 11.5 Å². The van der Waals surface area contributed by atoms with E-state index in [-0.39, 0.29) is 5.97 Å². The number of rotatable bonds is 5. The van der Waals surface area contributed by atoms with E-state index in [1.54, 1.807) is 24.5 Å². The first-order valence-electron chi connectivity index (χ1n) is 7.48. The molecule has 126 valence electrons. The lowest BCUT2D eigenvalue weighted by molar-refractivity contribution is -0.143. The predicted octanol–water partition coefficient (Wildman–Crippen LogP) is 2.51. The SMILES string of the molecule is COC(=O)[C@H](NCc1cc(Cl)c2c(c1)OCCO2)c1cccnc1. The van der Waals surface area contributed by atoms with E-state index in [0.29, 0.717) is 36.3 Å². The number of esters is 1. The van der Waals surface area contributed by atoms with Crippen molar-refractivity contribution in [2.24, 2.45) is 0 Å². The van der Waals surface area contributed by atoms with Crippen molar-refractivity contribution in [1.29, 1.82) is 0 Å². The number of halogens is 1. The van der Waals surface area contributed by atoms with Crippen LogP contribution in [0.1, 0.15) is 17.2 Å². The number of pyridine rings is 1. The van der Waals surface area contributed by atoms with E-state index in [1.165, 1.54) is 7.11 Å².